The summed E-state index contributed by atoms with van der Waals surface area (Å²) in [7, 11) is 0. The highest BCUT2D eigenvalue weighted by Gasteiger charge is 2.40. The smallest absolute Gasteiger partial charge is 0.229 e. The van der Waals surface area contributed by atoms with E-state index >= 15 is 0 Å². The number of nitrogens with one attached hydrogen (secondary N) is 2. The molecule has 12 bridgehead atoms. The second-order valence-electron chi connectivity index (χ2n) is 33.5. The van der Waals surface area contributed by atoms with E-state index in [4.69, 9.17) is 47.4 Å². The van der Waals surface area contributed by atoms with Crippen LogP contribution in [0.4, 0.5) is 0 Å². The predicted octanol–water partition coefficient (Wildman–Crippen LogP) is 6.99. The molecule has 0 saturated heterocycles. The number of ether oxygens (including phenoxy) is 10. The molecule has 2 amide bonds. The molecule has 16 aliphatic heterocycles. The van der Waals surface area contributed by atoms with E-state index < -0.39 is 10.8 Å². The Bertz CT molecular complexity index is 5580. The maximum atomic E-state index is 12.4. The summed E-state index contributed by atoms with van der Waals surface area (Å²) in [4.78, 5) is 24.8. The number of hydrogen-bond donors (Lipinski definition) is 2. The molecule has 0 fully saturated rings. The first-order valence-corrected chi connectivity index (χ1v) is 47.2. The van der Waals surface area contributed by atoms with Gasteiger partial charge in [0.15, 0.2) is 75.8 Å². The third-order valence-corrected chi connectivity index (χ3v) is 24.1. The van der Waals surface area contributed by atoms with Crippen molar-refractivity contribution in [3.05, 3.63) is 492 Å². The van der Waals surface area contributed by atoms with Gasteiger partial charge in [-0.25, -0.2) is 18.3 Å². The number of aromatic nitrogens is 4. The molecule has 16 aliphatic rings. The minimum absolute atomic E-state index is 0. The van der Waals surface area contributed by atoms with Crippen LogP contribution >= 0.6 is 0 Å². The summed E-state index contributed by atoms with van der Waals surface area (Å²) in [5.41, 5.74) is 18.5. The SMILES string of the molecule is O=C(CC(=O)NCCCOc1ccc(OCCOCCOCCOc2ccc(C(c3ccccc3)(c3ccccc3)c3ccccc3)cc2)cc1)NCCCOc1ccc(OCCOCCOCCOc2ccc(C(c3ccccc3)(c3ccccc3)c3ccccc3)cc2)cc1.[Cl-].[Cl-].[Cl-].[Cl-].c1cc2ccc1C[n+]1ccc(cc1)-c1cc[n+](cc1)Cc1ccc(cc1)C[n+]1ccc(cc1)-c1cc[n+](cc1)C2. The maximum Gasteiger partial charge on any atom is 0.229 e. The second-order valence-corrected chi connectivity index (χ2v) is 33.5. The van der Waals surface area contributed by atoms with Crippen LogP contribution in [-0.4, -0.2) is 117 Å². The molecule has 20 heterocycles. The van der Waals surface area contributed by atoms with Gasteiger partial charge in [0.25, 0.3) is 0 Å². The summed E-state index contributed by atoms with van der Waals surface area (Å²) >= 11 is 0. The third kappa shape index (κ3) is 30.5. The molecule has 2 N–H and O–H groups in total. The quantitative estimate of drug-likeness (QED) is 0.0175. The summed E-state index contributed by atoms with van der Waals surface area (Å²) < 4.78 is 67.4. The molecule has 0 radical (unpaired) electrons. The van der Waals surface area contributed by atoms with Crippen molar-refractivity contribution in [1.29, 1.82) is 0 Å². The van der Waals surface area contributed by atoms with Gasteiger partial charge in [0.2, 0.25) is 11.8 Å². The van der Waals surface area contributed by atoms with Crippen LogP contribution in [0.3, 0.4) is 0 Å². The lowest BCUT2D eigenvalue weighted by atomic mass is 9.65. The molecular weight excluding hydrogens is 1850 g/mol. The van der Waals surface area contributed by atoms with Gasteiger partial charge in [-0.15, -0.1) is 0 Å². The molecule has 0 atom stereocenters. The zero-order valence-electron chi connectivity index (χ0n) is 78.9. The number of carbonyl (C=O) groups excluding carboxylic acids is 2. The number of benzene rings is 12. The number of nitrogens with zero attached hydrogens (tertiary/aromatic N) is 4. The van der Waals surface area contributed by atoms with Crippen molar-refractivity contribution in [2.75, 3.05) is 106 Å². The monoisotopic (exact) mass is 1960 g/mol. The van der Waals surface area contributed by atoms with Crippen molar-refractivity contribution in [3.63, 3.8) is 0 Å². The molecule has 16 aromatic rings. The molecule has 22 heteroatoms. The Morgan fingerprint density at radius 3 is 0.596 bits per heavy atom. The highest BCUT2D eigenvalue weighted by Crippen LogP contribution is 2.47. The Morgan fingerprint density at radius 1 is 0.213 bits per heavy atom. The number of carbonyl (C=O) groups is 2. The lowest BCUT2D eigenvalue weighted by Crippen LogP contribution is -3.00. The van der Waals surface area contributed by atoms with E-state index in [9.17, 15) is 9.59 Å². The number of rotatable bonds is 42. The molecule has 0 unspecified atom stereocenters. The van der Waals surface area contributed by atoms with E-state index in [2.05, 4.69) is 382 Å². The van der Waals surface area contributed by atoms with Crippen molar-refractivity contribution in [2.45, 2.75) is 56.3 Å². The van der Waals surface area contributed by atoms with Crippen molar-refractivity contribution < 1.29 is 125 Å². The van der Waals surface area contributed by atoms with E-state index in [1.807, 2.05) is 72.8 Å². The van der Waals surface area contributed by atoms with Crippen molar-refractivity contribution in [2.24, 2.45) is 0 Å². The molecule has 141 heavy (non-hydrogen) atoms. The Morgan fingerprint density at radius 2 is 0.390 bits per heavy atom. The van der Waals surface area contributed by atoms with Crippen molar-refractivity contribution >= 4 is 11.8 Å². The zero-order chi connectivity index (χ0) is 93.4. The lowest BCUT2D eigenvalue weighted by molar-refractivity contribution is -0.689. The van der Waals surface area contributed by atoms with Gasteiger partial charge in [0.05, 0.1) is 76.9 Å². The van der Waals surface area contributed by atoms with Crippen LogP contribution in [0.2, 0.25) is 0 Å². The third-order valence-electron chi connectivity index (χ3n) is 24.1. The van der Waals surface area contributed by atoms with Crippen LogP contribution < -0.4 is 107 Å². The molecule has 0 aliphatic carbocycles. The van der Waals surface area contributed by atoms with Crippen LogP contribution in [0.25, 0.3) is 22.3 Å². The minimum Gasteiger partial charge on any atom is -1.00 e. The fourth-order valence-corrected chi connectivity index (χ4v) is 17.1. The fraction of sp³-hybridized carbons (Fsp3) is 0.210. The van der Waals surface area contributed by atoms with Gasteiger partial charge in [0.1, 0.15) is 67.3 Å². The summed E-state index contributed by atoms with van der Waals surface area (Å²) in [5, 5.41) is 5.56. The largest absolute Gasteiger partial charge is 1.00 e. The molecule has 18 nitrogen and oxygen atoms in total. The molecule has 0 saturated carbocycles. The van der Waals surface area contributed by atoms with Gasteiger partial charge >= 0.3 is 0 Å². The topological polar surface area (TPSA) is 166 Å². The maximum absolute atomic E-state index is 12.4. The van der Waals surface area contributed by atoms with Gasteiger partial charge in [0, 0.05) is 83.9 Å². The molecule has 32 rings (SSSR count). The number of amides is 2. The minimum atomic E-state index is -0.507. The van der Waals surface area contributed by atoms with Crippen molar-refractivity contribution in [3.8, 4) is 56.8 Å². The van der Waals surface area contributed by atoms with Crippen LogP contribution in [0.5, 0.6) is 34.5 Å². The number of halogens is 4. The van der Waals surface area contributed by atoms with Gasteiger partial charge in [-0.05, 0) is 152 Å². The summed E-state index contributed by atoms with van der Waals surface area (Å²) in [6.45, 7) is 10.00. The molecule has 12 aromatic carbocycles. The van der Waals surface area contributed by atoms with E-state index in [0.29, 0.717) is 141 Å². The van der Waals surface area contributed by atoms with Crippen LogP contribution in [0.1, 0.15) is 86.0 Å². The Hall–Kier alpha value is -14.0. The molecule has 724 valence electrons. The standard InChI is InChI=1S/C83H86N2O12.C36H32N4.4ClH/c86-80(84-49-19-51-92-76-41-45-78(46-42-76)96-63-59-90-55-53-88-57-61-94-74-37-33-72(34-38-74)82(66-21-7-1-8-22-66,67-23-9-2-10-24-67)68-25-11-3-12-26-68)65-81(87)85-50-20-52-93-77-43-47-79(48-44-77)97-64-60-91-56-54-89-58-62-95-75-39-35-73(36-40-75)83(69-27-13-4-14-28-69,70-29-15-5-16-30-70)71-31-17-6-18-32-71;1-2-30-4-3-29(1)25-37-17-9-33(10-18-37)35-13-21-39(22-14-35)27-31-5-7-32(8-6-31)28-40-23-15-36(16-24-40)34-11-19-38(26-30)20-12-34;;;;/h1-18,21-48H,19-20,49-65H2,(H,84,86)(H,85,87);1-24H,25-28H2;4*1H/q;+4;;;;/p-4. The number of hydrogen-bond acceptors (Lipinski definition) is 12. The molecule has 4 aromatic heterocycles. The normalized spacial score (nSPS) is 11.3. The van der Waals surface area contributed by atoms with Crippen LogP contribution in [0, 0.1) is 0 Å². The highest BCUT2D eigenvalue weighted by atomic mass is 35.5. The first-order valence-electron chi connectivity index (χ1n) is 47.2. The van der Waals surface area contributed by atoms with Gasteiger partial charge in [-0.1, -0.05) is 255 Å². The Balaban J connectivity index is 0.000000335. The Kier molecular flexibility index (Phi) is 42.3. The molecule has 0 spiro atoms. The number of pyridine rings is 4. The van der Waals surface area contributed by atoms with Crippen LogP contribution in [0.15, 0.2) is 426 Å². The van der Waals surface area contributed by atoms with E-state index in [-0.39, 0.29) is 67.9 Å². The fourth-order valence-electron chi connectivity index (χ4n) is 17.1. The van der Waals surface area contributed by atoms with E-state index in [1.54, 1.807) is 0 Å². The first kappa shape index (κ1) is 106. The predicted molar refractivity (Wildman–Crippen MR) is 532 cm³/mol. The van der Waals surface area contributed by atoms with E-state index in [1.165, 1.54) is 77.9 Å². The summed E-state index contributed by atoms with van der Waals surface area (Å²) in [6.07, 6.45) is 18.3. The first-order chi connectivity index (χ1) is 67.7. The molecular formula is C119H118Cl4N6O12. The second kappa shape index (κ2) is 56.3. The Labute approximate surface area is 852 Å². The summed E-state index contributed by atoms with van der Waals surface area (Å²) in [5.74, 6) is 3.62. The summed E-state index contributed by atoms with van der Waals surface area (Å²) in [6, 6.07) is 131. The average molecular weight is 1970 g/mol. The lowest BCUT2D eigenvalue weighted by Gasteiger charge is -2.36. The average Bonchev–Trinajstić information content (AvgIpc) is 0.738. The highest BCUT2D eigenvalue weighted by molar-refractivity contribution is 5.96. The van der Waals surface area contributed by atoms with Gasteiger partial charge < -0.3 is 108 Å². The van der Waals surface area contributed by atoms with Crippen molar-refractivity contribution in [1.82, 2.24) is 10.6 Å². The zero-order valence-corrected chi connectivity index (χ0v) is 81.9. The van der Waals surface area contributed by atoms with Gasteiger partial charge in [-0.3, -0.25) is 9.59 Å². The van der Waals surface area contributed by atoms with Gasteiger partial charge in [-0.2, -0.15) is 0 Å². The van der Waals surface area contributed by atoms with E-state index in [0.717, 1.165) is 48.8 Å². The van der Waals surface area contributed by atoms with Crippen LogP contribution in [-0.2, 0) is 65.5 Å².